The molecule has 0 fully saturated rings. The van der Waals surface area contributed by atoms with Gasteiger partial charge in [0.05, 0.1) is 11.0 Å². The molecule has 0 aliphatic heterocycles. The normalized spacial score (nSPS) is 11.4. The first-order valence-electron chi connectivity index (χ1n) is 7.82. The van der Waals surface area contributed by atoms with Crippen LogP contribution in [0.25, 0.3) is 0 Å². The van der Waals surface area contributed by atoms with E-state index in [4.69, 9.17) is 5.73 Å². The van der Waals surface area contributed by atoms with Gasteiger partial charge in [-0.1, -0.05) is 31.9 Å². The monoisotopic (exact) mass is 343 g/mol. The Bertz CT molecular complexity index is 497. The fourth-order valence-electron chi connectivity index (χ4n) is 2.33. The number of nitrogens with two attached hydrogens (primary N) is 1. The number of nitro groups is 1. The van der Waals surface area contributed by atoms with Crippen LogP contribution < -0.4 is 11.1 Å². The summed E-state index contributed by atoms with van der Waals surface area (Å²) in [6.07, 6.45) is 5.06. The summed E-state index contributed by atoms with van der Waals surface area (Å²) in [5, 5.41) is 13.8. The standard InChI is InChI=1S/C16H25N3O3.ClH/c1-2-15(13-8-7-9-14(12-13)19(21)22)18-16(20)10-5-3-4-6-11-17;/h7-9,12,15H,2-6,10-11,17H2,1H3,(H,18,20);1H. The van der Waals surface area contributed by atoms with Crippen LogP contribution in [0.2, 0.25) is 0 Å². The second-order valence-corrected chi connectivity index (χ2v) is 5.33. The third-order valence-electron chi connectivity index (χ3n) is 3.58. The lowest BCUT2D eigenvalue weighted by atomic mass is 10.0. The summed E-state index contributed by atoms with van der Waals surface area (Å²) in [7, 11) is 0. The van der Waals surface area contributed by atoms with Crippen LogP contribution in [0, 0.1) is 10.1 Å². The van der Waals surface area contributed by atoms with E-state index in [1.165, 1.54) is 12.1 Å². The van der Waals surface area contributed by atoms with E-state index in [-0.39, 0.29) is 30.0 Å². The molecule has 0 saturated heterocycles. The molecule has 1 atom stereocenters. The number of benzene rings is 1. The largest absolute Gasteiger partial charge is 0.349 e. The van der Waals surface area contributed by atoms with Crippen LogP contribution in [0.3, 0.4) is 0 Å². The summed E-state index contributed by atoms with van der Waals surface area (Å²) >= 11 is 0. The zero-order chi connectivity index (χ0) is 16.4. The first kappa shape index (κ1) is 21.3. The van der Waals surface area contributed by atoms with Crippen molar-refractivity contribution < 1.29 is 9.72 Å². The maximum Gasteiger partial charge on any atom is 0.269 e. The van der Waals surface area contributed by atoms with Gasteiger partial charge < -0.3 is 11.1 Å². The summed E-state index contributed by atoms with van der Waals surface area (Å²) in [4.78, 5) is 22.4. The molecule has 0 spiro atoms. The van der Waals surface area contributed by atoms with Crippen molar-refractivity contribution in [3.8, 4) is 0 Å². The van der Waals surface area contributed by atoms with E-state index in [9.17, 15) is 14.9 Å². The number of unbranched alkanes of at least 4 members (excludes halogenated alkanes) is 3. The van der Waals surface area contributed by atoms with Gasteiger partial charge in [0.15, 0.2) is 0 Å². The van der Waals surface area contributed by atoms with Crippen molar-refractivity contribution in [3.63, 3.8) is 0 Å². The number of nitrogens with zero attached hydrogens (tertiary/aromatic N) is 1. The molecule has 0 saturated carbocycles. The molecule has 0 radical (unpaired) electrons. The molecule has 6 nitrogen and oxygen atoms in total. The van der Waals surface area contributed by atoms with Crippen molar-refractivity contribution in [2.75, 3.05) is 6.54 Å². The molecule has 3 N–H and O–H groups in total. The number of nitrogens with one attached hydrogen (secondary N) is 1. The van der Waals surface area contributed by atoms with Crippen LogP contribution in [0.15, 0.2) is 24.3 Å². The molecule has 0 aromatic heterocycles. The number of amides is 1. The topological polar surface area (TPSA) is 98.3 Å². The Labute approximate surface area is 143 Å². The molecule has 1 aromatic rings. The minimum atomic E-state index is -0.421. The highest BCUT2D eigenvalue weighted by molar-refractivity contribution is 5.85. The Morgan fingerprint density at radius 1 is 1.30 bits per heavy atom. The summed E-state index contributed by atoms with van der Waals surface area (Å²) in [5.41, 5.74) is 6.24. The molecule has 0 heterocycles. The Hall–Kier alpha value is -1.66. The molecular weight excluding hydrogens is 318 g/mol. The molecule has 1 aromatic carbocycles. The Morgan fingerprint density at radius 3 is 2.61 bits per heavy atom. The van der Waals surface area contributed by atoms with Gasteiger partial charge in [0, 0.05) is 18.6 Å². The van der Waals surface area contributed by atoms with Crippen molar-refractivity contribution in [3.05, 3.63) is 39.9 Å². The molecule has 7 heteroatoms. The van der Waals surface area contributed by atoms with Gasteiger partial charge in [0.2, 0.25) is 5.91 Å². The quantitative estimate of drug-likeness (QED) is 0.386. The smallest absolute Gasteiger partial charge is 0.269 e. The van der Waals surface area contributed by atoms with E-state index in [1.807, 2.05) is 13.0 Å². The first-order valence-corrected chi connectivity index (χ1v) is 7.82. The van der Waals surface area contributed by atoms with E-state index in [2.05, 4.69) is 5.32 Å². The highest BCUT2D eigenvalue weighted by Gasteiger charge is 2.15. The average Bonchev–Trinajstić information content (AvgIpc) is 2.52. The molecule has 23 heavy (non-hydrogen) atoms. The van der Waals surface area contributed by atoms with Gasteiger partial charge in [-0.2, -0.15) is 0 Å². The highest BCUT2D eigenvalue weighted by atomic mass is 35.5. The lowest BCUT2D eigenvalue weighted by Gasteiger charge is -2.17. The first-order chi connectivity index (χ1) is 10.6. The van der Waals surface area contributed by atoms with Crippen molar-refractivity contribution in [2.45, 2.75) is 51.5 Å². The zero-order valence-electron chi connectivity index (χ0n) is 13.5. The van der Waals surface area contributed by atoms with Crippen molar-refractivity contribution in [1.82, 2.24) is 5.32 Å². The van der Waals surface area contributed by atoms with Crippen LogP contribution in [0.4, 0.5) is 5.69 Å². The minimum Gasteiger partial charge on any atom is -0.349 e. The van der Waals surface area contributed by atoms with E-state index in [1.54, 1.807) is 6.07 Å². The molecule has 0 aliphatic carbocycles. The van der Waals surface area contributed by atoms with Gasteiger partial charge in [-0.15, -0.1) is 12.4 Å². The zero-order valence-corrected chi connectivity index (χ0v) is 14.3. The molecule has 0 aliphatic rings. The predicted octanol–water partition coefficient (Wildman–Crippen LogP) is 3.49. The second-order valence-electron chi connectivity index (χ2n) is 5.33. The Morgan fingerprint density at radius 2 is 2.00 bits per heavy atom. The Kier molecular flexibility index (Phi) is 11.0. The van der Waals surface area contributed by atoms with Crippen molar-refractivity contribution in [2.24, 2.45) is 5.73 Å². The highest BCUT2D eigenvalue weighted by Crippen LogP contribution is 2.21. The predicted molar refractivity (Wildman–Crippen MR) is 93.7 cm³/mol. The van der Waals surface area contributed by atoms with E-state index < -0.39 is 4.92 Å². The van der Waals surface area contributed by atoms with Crippen LogP contribution >= 0.6 is 12.4 Å². The maximum absolute atomic E-state index is 12.0. The van der Waals surface area contributed by atoms with Gasteiger partial charge in [-0.3, -0.25) is 14.9 Å². The van der Waals surface area contributed by atoms with Gasteiger partial charge in [0.1, 0.15) is 0 Å². The van der Waals surface area contributed by atoms with Gasteiger partial charge in [0.25, 0.3) is 5.69 Å². The number of carbonyl (C=O) groups excluding carboxylic acids is 1. The third-order valence-corrected chi connectivity index (χ3v) is 3.58. The summed E-state index contributed by atoms with van der Waals surface area (Å²) in [6.45, 7) is 2.64. The SMILES string of the molecule is CCC(NC(=O)CCCCCCN)c1cccc([N+](=O)[O-])c1.Cl. The maximum atomic E-state index is 12.0. The van der Waals surface area contributed by atoms with Gasteiger partial charge in [-0.25, -0.2) is 0 Å². The van der Waals surface area contributed by atoms with Crippen LogP contribution in [-0.4, -0.2) is 17.4 Å². The number of carbonyl (C=O) groups is 1. The molecule has 0 bridgehead atoms. The number of non-ortho nitro benzene ring substituents is 1. The second kappa shape index (κ2) is 11.8. The number of halogens is 1. The van der Waals surface area contributed by atoms with Crippen LogP contribution in [-0.2, 0) is 4.79 Å². The number of nitro benzene ring substituents is 1. The fourth-order valence-corrected chi connectivity index (χ4v) is 2.33. The third kappa shape index (κ3) is 7.95. The summed E-state index contributed by atoms with van der Waals surface area (Å²) < 4.78 is 0. The molecule has 1 rings (SSSR count). The molecule has 1 unspecified atom stereocenters. The fraction of sp³-hybridized carbons (Fsp3) is 0.562. The van der Waals surface area contributed by atoms with Crippen molar-refractivity contribution in [1.29, 1.82) is 0 Å². The van der Waals surface area contributed by atoms with E-state index in [0.29, 0.717) is 19.4 Å². The Balaban J connectivity index is 0.00000484. The van der Waals surface area contributed by atoms with Crippen molar-refractivity contribution >= 4 is 24.0 Å². The number of rotatable bonds is 10. The molecule has 130 valence electrons. The van der Waals surface area contributed by atoms with Crippen LogP contribution in [0.5, 0.6) is 0 Å². The minimum absolute atomic E-state index is 0. The van der Waals surface area contributed by atoms with Crippen LogP contribution in [0.1, 0.15) is 57.1 Å². The van der Waals surface area contributed by atoms with E-state index >= 15 is 0 Å². The lowest BCUT2D eigenvalue weighted by Crippen LogP contribution is -2.27. The molecular formula is C16H26ClN3O3. The summed E-state index contributed by atoms with van der Waals surface area (Å²) in [5.74, 6) is -0.00824. The number of hydrogen-bond acceptors (Lipinski definition) is 4. The molecule has 1 amide bonds. The number of hydrogen-bond donors (Lipinski definition) is 2. The average molecular weight is 344 g/mol. The van der Waals surface area contributed by atoms with Gasteiger partial charge in [-0.05, 0) is 31.4 Å². The lowest BCUT2D eigenvalue weighted by molar-refractivity contribution is -0.384. The van der Waals surface area contributed by atoms with Gasteiger partial charge >= 0.3 is 0 Å². The summed E-state index contributed by atoms with van der Waals surface area (Å²) in [6, 6.07) is 6.25. The van der Waals surface area contributed by atoms with E-state index in [0.717, 1.165) is 31.2 Å².